The minimum atomic E-state index is 0.797. The smallest absolute Gasteiger partial charge is 0.0107 e. The van der Waals surface area contributed by atoms with Crippen LogP contribution in [-0.4, -0.2) is 37.1 Å². The third-order valence-corrected chi connectivity index (χ3v) is 3.59. The minimum absolute atomic E-state index is 0.797. The van der Waals surface area contributed by atoms with Crippen molar-refractivity contribution < 1.29 is 0 Å². The first-order valence-corrected chi connectivity index (χ1v) is 6.23. The third kappa shape index (κ3) is 3.58. The topological polar surface area (TPSA) is 15.3 Å². The fourth-order valence-electron chi connectivity index (χ4n) is 2.40. The van der Waals surface area contributed by atoms with Gasteiger partial charge in [0, 0.05) is 19.1 Å². The Bertz CT molecular complexity index is 143. The van der Waals surface area contributed by atoms with E-state index in [2.05, 4.69) is 31.0 Å². The van der Waals surface area contributed by atoms with E-state index in [-0.39, 0.29) is 0 Å². The normalized spacial score (nSPS) is 27.4. The summed E-state index contributed by atoms with van der Waals surface area (Å²) in [6.45, 7) is 11.6. The van der Waals surface area contributed by atoms with E-state index in [1.165, 1.54) is 38.9 Å². The molecule has 1 aliphatic rings. The van der Waals surface area contributed by atoms with Crippen molar-refractivity contribution >= 4 is 0 Å². The lowest BCUT2D eigenvalue weighted by molar-refractivity contribution is 0.290. The summed E-state index contributed by atoms with van der Waals surface area (Å²) in [6, 6.07) is 0.797. The Morgan fingerprint density at radius 3 is 2.43 bits per heavy atom. The van der Waals surface area contributed by atoms with Gasteiger partial charge in [-0.25, -0.2) is 0 Å². The molecule has 84 valence electrons. The van der Waals surface area contributed by atoms with Gasteiger partial charge in [-0.1, -0.05) is 27.2 Å². The average Bonchev–Trinajstić information content (AvgIpc) is 2.59. The lowest BCUT2D eigenvalue weighted by Gasteiger charge is -2.22. The van der Waals surface area contributed by atoms with Gasteiger partial charge in [0.15, 0.2) is 0 Å². The molecule has 1 aliphatic carbocycles. The van der Waals surface area contributed by atoms with Crippen molar-refractivity contribution in [3.8, 4) is 0 Å². The van der Waals surface area contributed by atoms with E-state index in [0.717, 1.165) is 18.5 Å². The first kappa shape index (κ1) is 12.0. The van der Waals surface area contributed by atoms with Crippen molar-refractivity contribution in [3.63, 3.8) is 0 Å². The molecule has 0 unspecified atom stereocenters. The molecule has 1 rings (SSSR count). The Morgan fingerprint density at radius 1 is 1.21 bits per heavy atom. The predicted octanol–water partition coefficient (Wildman–Crippen LogP) is 2.11. The van der Waals surface area contributed by atoms with E-state index in [0.29, 0.717) is 0 Å². The monoisotopic (exact) mass is 198 g/mol. The molecule has 14 heavy (non-hydrogen) atoms. The van der Waals surface area contributed by atoms with Gasteiger partial charge >= 0.3 is 0 Å². The van der Waals surface area contributed by atoms with Crippen LogP contribution in [0.1, 0.15) is 40.0 Å². The van der Waals surface area contributed by atoms with Crippen LogP contribution in [-0.2, 0) is 0 Å². The Balaban J connectivity index is 2.08. The SMILES string of the molecule is CCN(CC)CCN[C@H]1CCC[C@H]1C. The van der Waals surface area contributed by atoms with Gasteiger partial charge < -0.3 is 10.2 Å². The zero-order valence-corrected chi connectivity index (χ0v) is 10.1. The lowest BCUT2D eigenvalue weighted by atomic mass is 10.1. The summed E-state index contributed by atoms with van der Waals surface area (Å²) in [6.07, 6.45) is 4.23. The molecule has 2 heteroatoms. The fraction of sp³-hybridized carbons (Fsp3) is 1.00. The van der Waals surface area contributed by atoms with Crippen LogP contribution in [0, 0.1) is 5.92 Å². The highest BCUT2D eigenvalue weighted by Gasteiger charge is 2.22. The summed E-state index contributed by atoms with van der Waals surface area (Å²) < 4.78 is 0. The van der Waals surface area contributed by atoms with Crippen LogP contribution in [0.2, 0.25) is 0 Å². The number of nitrogens with one attached hydrogen (secondary N) is 1. The quantitative estimate of drug-likeness (QED) is 0.703. The van der Waals surface area contributed by atoms with E-state index in [1.54, 1.807) is 0 Å². The summed E-state index contributed by atoms with van der Waals surface area (Å²) in [4.78, 5) is 2.48. The third-order valence-electron chi connectivity index (χ3n) is 3.59. The molecule has 0 radical (unpaired) electrons. The number of hydrogen-bond acceptors (Lipinski definition) is 2. The van der Waals surface area contributed by atoms with Crippen LogP contribution in [0.4, 0.5) is 0 Å². The van der Waals surface area contributed by atoms with Crippen molar-refractivity contribution in [2.75, 3.05) is 26.2 Å². The summed E-state index contributed by atoms with van der Waals surface area (Å²) in [5, 5.41) is 3.69. The molecule has 0 aromatic rings. The predicted molar refractivity (Wildman–Crippen MR) is 62.6 cm³/mol. The van der Waals surface area contributed by atoms with Crippen molar-refractivity contribution in [2.45, 2.75) is 46.1 Å². The maximum absolute atomic E-state index is 3.69. The van der Waals surface area contributed by atoms with Crippen LogP contribution in [0.15, 0.2) is 0 Å². The molecule has 1 fully saturated rings. The van der Waals surface area contributed by atoms with E-state index in [9.17, 15) is 0 Å². The van der Waals surface area contributed by atoms with Gasteiger partial charge in [0.05, 0.1) is 0 Å². The molecule has 0 aliphatic heterocycles. The van der Waals surface area contributed by atoms with Crippen molar-refractivity contribution in [3.05, 3.63) is 0 Å². The van der Waals surface area contributed by atoms with Crippen LogP contribution in [0.3, 0.4) is 0 Å². The standard InChI is InChI=1S/C12H26N2/c1-4-14(5-2)10-9-13-12-8-6-7-11(12)3/h11-13H,4-10H2,1-3H3/t11-,12+/m1/s1. The van der Waals surface area contributed by atoms with Gasteiger partial charge in [0.25, 0.3) is 0 Å². The Morgan fingerprint density at radius 2 is 1.93 bits per heavy atom. The molecule has 0 aromatic heterocycles. The van der Waals surface area contributed by atoms with Crippen molar-refractivity contribution in [1.82, 2.24) is 10.2 Å². The molecular formula is C12H26N2. The molecule has 2 atom stereocenters. The van der Waals surface area contributed by atoms with Gasteiger partial charge in [0.1, 0.15) is 0 Å². The van der Waals surface area contributed by atoms with Gasteiger partial charge in [-0.15, -0.1) is 0 Å². The largest absolute Gasteiger partial charge is 0.312 e. The van der Waals surface area contributed by atoms with Gasteiger partial charge in [0.2, 0.25) is 0 Å². The number of likely N-dealkylation sites (N-methyl/N-ethyl adjacent to an activating group) is 1. The maximum Gasteiger partial charge on any atom is 0.0107 e. The molecule has 1 saturated carbocycles. The molecule has 0 heterocycles. The maximum atomic E-state index is 3.69. The average molecular weight is 198 g/mol. The molecule has 0 bridgehead atoms. The molecule has 0 amide bonds. The van der Waals surface area contributed by atoms with E-state index < -0.39 is 0 Å². The van der Waals surface area contributed by atoms with E-state index in [1.807, 2.05) is 0 Å². The zero-order chi connectivity index (χ0) is 10.4. The zero-order valence-electron chi connectivity index (χ0n) is 10.1. The Hall–Kier alpha value is -0.0800. The summed E-state index contributed by atoms with van der Waals surface area (Å²) >= 11 is 0. The van der Waals surface area contributed by atoms with Gasteiger partial charge in [-0.2, -0.15) is 0 Å². The summed E-state index contributed by atoms with van der Waals surface area (Å²) in [7, 11) is 0. The summed E-state index contributed by atoms with van der Waals surface area (Å²) in [5.41, 5.74) is 0. The number of nitrogens with zero attached hydrogens (tertiary/aromatic N) is 1. The van der Waals surface area contributed by atoms with E-state index >= 15 is 0 Å². The molecule has 0 spiro atoms. The van der Waals surface area contributed by atoms with Crippen LogP contribution in [0.25, 0.3) is 0 Å². The highest BCUT2D eigenvalue weighted by molar-refractivity contribution is 4.80. The second kappa shape index (κ2) is 6.41. The number of hydrogen-bond donors (Lipinski definition) is 1. The van der Waals surface area contributed by atoms with Crippen molar-refractivity contribution in [2.24, 2.45) is 5.92 Å². The lowest BCUT2D eigenvalue weighted by Crippen LogP contribution is -2.38. The van der Waals surface area contributed by atoms with E-state index in [4.69, 9.17) is 0 Å². The van der Waals surface area contributed by atoms with Gasteiger partial charge in [-0.3, -0.25) is 0 Å². The Labute approximate surface area is 89.1 Å². The first-order valence-electron chi connectivity index (χ1n) is 6.23. The van der Waals surface area contributed by atoms with Crippen LogP contribution >= 0.6 is 0 Å². The second-order valence-electron chi connectivity index (χ2n) is 4.50. The molecule has 2 nitrogen and oxygen atoms in total. The highest BCUT2D eigenvalue weighted by Crippen LogP contribution is 2.24. The fourth-order valence-corrected chi connectivity index (χ4v) is 2.40. The molecule has 0 saturated heterocycles. The minimum Gasteiger partial charge on any atom is -0.312 e. The molecule has 1 N–H and O–H groups in total. The summed E-state index contributed by atoms with van der Waals surface area (Å²) in [5.74, 6) is 0.895. The van der Waals surface area contributed by atoms with Crippen LogP contribution in [0.5, 0.6) is 0 Å². The van der Waals surface area contributed by atoms with Crippen LogP contribution < -0.4 is 5.32 Å². The van der Waals surface area contributed by atoms with Crippen molar-refractivity contribution in [1.29, 1.82) is 0 Å². The first-order chi connectivity index (χ1) is 6.77. The Kier molecular flexibility index (Phi) is 5.49. The highest BCUT2D eigenvalue weighted by atomic mass is 15.1. The van der Waals surface area contributed by atoms with Gasteiger partial charge in [-0.05, 0) is 31.8 Å². The second-order valence-corrected chi connectivity index (χ2v) is 4.50. The number of rotatable bonds is 6. The molecule has 0 aromatic carbocycles. The molecular weight excluding hydrogens is 172 g/mol.